The molecule has 0 spiro atoms. The van der Waals surface area contributed by atoms with Crippen LogP contribution in [-0.2, 0) is 13.1 Å². The van der Waals surface area contributed by atoms with Gasteiger partial charge in [-0.3, -0.25) is 4.99 Å². The Balaban J connectivity index is 1.49. The molecule has 0 saturated carbocycles. The van der Waals surface area contributed by atoms with E-state index in [-0.39, 0.29) is 5.82 Å². The van der Waals surface area contributed by atoms with Gasteiger partial charge in [-0.05, 0) is 56.8 Å². The summed E-state index contributed by atoms with van der Waals surface area (Å²) in [6.07, 6.45) is 3.90. The van der Waals surface area contributed by atoms with Crippen LogP contribution in [0.2, 0.25) is 0 Å². The SMILES string of the molecule is CN=C(NCc1ccc(F)c(CN(C)C)c1)NC1CCN(c2ccccn2)CC1. The quantitative estimate of drug-likeness (QED) is 0.579. The summed E-state index contributed by atoms with van der Waals surface area (Å²) in [5, 5.41) is 6.87. The molecule has 0 unspecified atom stereocenters. The van der Waals surface area contributed by atoms with Crippen LogP contribution in [0.25, 0.3) is 0 Å². The highest BCUT2D eigenvalue weighted by atomic mass is 19.1. The molecule has 0 aliphatic carbocycles. The maximum atomic E-state index is 14.0. The second kappa shape index (κ2) is 10.2. The normalized spacial score (nSPS) is 15.6. The molecule has 1 aromatic carbocycles. The lowest BCUT2D eigenvalue weighted by Gasteiger charge is -2.33. The molecule has 2 N–H and O–H groups in total. The Morgan fingerprint density at radius 1 is 1.24 bits per heavy atom. The molecule has 0 bridgehead atoms. The van der Waals surface area contributed by atoms with Crippen molar-refractivity contribution in [3.05, 3.63) is 59.5 Å². The number of piperidine rings is 1. The molecule has 1 saturated heterocycles. The maximum absolute atomic E-state index is 14.0. The Morgan fingerprint density at radius 2 is 2.03 bits per heavy atom. The summed E-state index contributed by atoms with van der Waals surface area (Å²) in [4.78, 5) is 13.1. The molecule has 156 valence electrons. The van der Waals surface area contributed by atoms with Gasteiger partial charge in [-0.25, -0.2) is 9.37 Å². The fourth-order valence-corrected chi connectivity index (χ4v) is 3.57. The topological polar surface area (TPSA) is 55.8 Å². The number of guanidine groups is 1. The first-order valence-corrected chi connectivity index (χ1v) is 10.1. The van der Waals surface area contributed by atoms with Gasteiger partial charge < -0.3 is 20.4 Å². The van der Waals surface area contributed by atoms with Crippen molar-refractivity contribution in [3.8, 4) is 0 Å². The number of halogens is 1. The zero-order valence-corrected chi connectivity index (χ0v) is 17.5. The molecule has 1 fully saturated rings. The van der Waals surface area contributed by atoms with E-state index in [1.165, 1.54) is 0 Å². The molecule has 29 heavy (non-hydrogen) atoms. The lowest BCUT2D eigenvalue weighted by atomic mass is 10.1. The van der Waals surface area contributed by atoms with E-state index in [0.29, 0.717) is 24.7 Å². The third-order valence-electron chi connectivity index (χ3n) is 5.09. The van der Waals surface area contributed by atoms with Crippen molar-refractivity contribution in [3.63, 3.8) is 0 Å². The Labute approximate surface area is 172 Å². The molecule has 1 aliphatic heterocycles. The summed E-state index contributed by atoms with van der Waals surface area (Å²) >= 11 is 0. The van der Waals surface area contributed by atoms with Crippen LogP contribution < -0.4 is 15.5 Å². The number of nitrogens with one attached hydrogen (secondary N) is 2. The van der Waals surface area contributed by atoms with Crippen LogP contribution in [0.5, 0.6) is 0 Å². The van der Waals surface area contributed by atoms with Crippen molar-refractivity contribution in [1.82, 2.24) is 20.5 Å². The predicted molar refractivity (Wildman–Crippen MR) is 117 cm³/mol. The minimum Gasteiger partial charge on any atom is -0.356 e. The number of rotatable bonds is 6. The van der Waals surface area contributed by atoms with E-state index < -0.39 is 0 Å². The lowest BCUT2D eigenvalue weighted by molar-refractivity contribution is 0.392. The van der Waals surface area contributed by atoms with Crippen molar-refractivity contribution in [1.29, 1.82) is 0 Å². The van der Waals surface area contributed by atoms with Crippen molar-refractivity contribution in [2.45, 2.75) is 32.0 Å². The highest BCUT2D eigenvalue weighted by Gasteiger charge is 2.20. The molecule has 0 radical (unpaired) electrons. The molecule has 0 amide bonds. The van der Waals surface area contributed by atoms with Gasteiger partial charge in [-0.1, -0.05) is 12.1 Å². The van der Waals surface area contributed by atoms with Gasteiger partial charge in [0.1, 0.15) is 11.6 Å². The van der Waals surface area contributed by atoms with Gasteiger partial charge in [-0.15, -0.1) is 0 Å². The first-order valence-electron chi connectivity index (χ1n) is 10.1. The number of anilines is 1. The summed E-state index contributed by atoms with van der Waals surface area (Å²) in [7, 11) is 5.66. The molecule has 3 rings (SSSR count). The lowest BCUT2D eigenvalue weighted by Crippen LogP contribution is -2.48. The van der Waals surface area contributed by atoms with Crippen LogP contribution in [0.15, 0.2) is 47.6 Å². The van der Waals surface area contributed by atoms with E-state index in [2.05, 4.69) is 31.6 Å². The smallest absolute Gasteiger partial charge is 0.191 e. The number of aromatic nitrogens is 1. The molecule has 2 heterocycles. The third kappa shape index (κ3) is 6.15. The minimum atomic E-state index is -0.162. The number of pyridine rings is 1. The van der Waals surface area contributed by atoms with Crippen LogP contribution in [0.4, 0.5) is 10.2 Å². The zero-order valence-electron chi connectivity index (χ0n) is 17.5. The van der Waals surface area contributed by atoms with Crippen LogP contribution in [0.1, 0.15) is 24.0 Å². The molecule has 7 heteroatoms. The molecule has 1 aromatic heterocycles. The summed E-state index contributed by atoms with van der Waals surface area (Å²) in [5.74, 6) is 1.66. The van der Waals surface area contributed by atoms with Gasteiger partial charge in [-0.2, -0.15) is 0 Å². The molecule has 2 aromatic rings. The van der Waals surface area contributed by atoms with E-state index in [0.717, 1.165) is 43.3 Å². The summed E-state index contributed by atoms with van der Waals surface area (Å²) in [6.45, 7) is 3.13. The monoisotopic (exact) mass is 398 g/mol. The zero-order chi connectivity index (χ0) is 20.6. The highest BCUT2D eigenvalue weighted by molar-refractivity contribution is 5.80. The molecule has 1 aliphatic rings. The van der Waals surface area contributed by atoms with Crippen molar-refractivity contribution in [2.24, 2.45) is 4.99 Å². The van der Waals surface area contributed by atoms with Crippen molar-refractivity contribution in [2.75, 3.05) is 39.1 Å². The fourth-order valence-electron chi connectivity index (χ4n) is 3.57. The maximum Gasteiger partial charge on any atom is 0.191 e. The van der Waals surface area contributed by atoms with Gasteiger partial charge in [0.05, 0.1) is 0 Å². The van der Waals surface area contributed by atoms with E-state index in [1.807, 2.05) is 49.5 Å². The number of benzene rings is 1. The first-order chi connectivity index (χ1) is 14.0. The Morgan fingerprint density at radius 3 is 2.69 bits per heavy atom. The van der Waals surface area contributed by atoms with Gasteiger partial charge in [0, 0.05) is 51.0 Å². The van der Waals surface area contributed by atoms with Gasteiger partial charge in [0.25, 0.3) is 0 Å². The van der Waals surface area contributed by atoms with Crippen LogP contribution in [-0.4, -0.2) is 56.1 Å². The summed E-state index contributed by atoms with van der Waals surface area (Å²) in [5.41, 5.74) is 1.75. The predicted octanol–water partition coefficient (Wildman–Crippen LogP) is 2.62. The summed E-state index contributed by atoms with van der Waals surface area (Å²) < 4.78 is 14.0. The van der Waals surface area contributed by atoms with Gasteiger partial charge in [0.2, 0.25) is 0 Å². The molecule has 6 nitrogen and oxygen atoms in total. The Hall–Kier alpha value is -2.67. The van der Waals surface area contributed by atoms with E-state index in [4.69, 9.17) is 0 Å². The number of aliphatic imine (C=N–C) groups is 1. The van der Waals surface area contributed by atoms with Crippen LogP contribution in [0.3, 0.4) is 0 Å². The highest BCUT2D eigenvalue weighted by Crippen LogP contribution is 2.17. The van der Waals surface area contributed by atoms with E-state index in [9.17, 15) is 4.39 Å². The van der Waals surface area contributed by atoms with Crippen LogP contribution in [0, 0.1) is 5.82 Å². The average molecular weight is 399 g/mol. The standard InChI is InChI=1S/C22H31FN6/c1-24-22(26-15-17-7-8-20(23)18(14-17)16-28(2)3)27-19-9-12-29(13-10-19)21-6-4-5-11-25-21/h4-8,11,14,19H,9-10,12-13,15-16H2,1-3H3,(H2,24,26,27). The van der Waals surface area contributed by atoms with Gasteiger partial charge >= 0.3 is 0 Å². The number of nitrogens with zero attached hydrogens (tertiary/aromatic N) is 4. The second-order valence-corrected chi connectivity index (χ2v) is 7.68. The Bertz CT molecular complexity index is 800. The first kappa shape index (κ1) is 21.0. The largest absolute Gasteiger partial charge is 0.356 e. The molecule has 0 atom stereocenters. The van der Waals surface area contributed by atoms with E-state index in [1.54, 1.807) is 13.1 Å². The van der Waals surface area contributed by atoms with Crippen molar-refractivity contribution >= 4 is 11.8 Å². The molecular weight excluding hydrogens is 367 g/mol. The fraction of sp³-hybridized carbons (Fsp3) is 0.455. The Kier molecular flexibility index (Phi) is 7.41. The number of hydrogen-bond donors (Lipinski definition) is 2. The molecular formula is C22H31FN6. The average Bonchev–Trinajstić information content (AvgIpc) is 2.74. The second-order valence-electron chi connectivity index (χ2n) is 7.68. The van der Waals surface area contributed by atoms with Gasteiger partial charge in [0.15, 0.2) is 5.96 Å². The minimum absolute atomic E-state index is 0.162. The number of hydrogen-bond acceptors (Lipinski definition) is 4. The van der Waals surface area contributed by atoms with Crippen molar-refractivity contribution < 1.29 is 4.39 Å². The van der Waals surface area contributed by atoms with Crippen LogP contribution >= 0.6 is 0 Å². The third-order valence-corrected chi connectivity index (χ3v) is 5.09. The van der Waals surface area contributed by atoms with E-state index >= 15 is 0 Å². The summed E-state index contributed by atoms with van der Waals surface area (Å²) in [6, 6.07) is 11.7.